The molecule has 78 valence electrons. The van der Waals surface area contributed by atoms with E-state index in [1.165, 1.54) is 0 Å². The molecule has 4 nitrogen and oxygen atoms in total. The molecule has 1 fully saturated rings. The smallest absolute Gasteiger partial charge is 0.131 e. The lowest BCUT2D eigenvalue weighted by Crippen LogP contribution is -2.08. The minimum atomic E-state index is 0.297. The van der Waals surface area contributed by atoms with Crippen LogP contribution in [0.15, 0.2) is 0 Å². The fraction of sp³-hybridized carbons (Fsp3) is 0.778. The number of rotatable bonds is 3. The van der Waals surface area contributed by atoms with Crippen molar-refractivity contribution in [1.29, 1.82) is 0 Å². The fourth-order valence-electron chi connectivity index (χ4n) is 1.70. The quantitative estimate of drug-likeness (QED) is 0.818. The zero-order valence-corrected chi connectivity index (χ0v) is 9.30. The number of aromatic nitrogens is 2. The van der Waals surface area contributed by atoms with Gasteiger partial charge in [-0.1, -0.05) is 11.3 Å². The zero-order chi connectivity index (χ0) is 9.97. The molecule has 0 aromatic carbocycles. The van der Waals surface area contributed by atoms with E-state index in [2.05, 4.69) is 22.4 Å². The lowest BCUT2D eigenvalue weighted by molar-refractivity contribution is 0.118. The lowest BCUT2D eigenvalue weighted by atomic mass is 10.0. The van der Waals surface area contributed by atoms with E-state index in [0.29, 0.717) is 12.0 Å². The summed E-state index contributed by atoms with van der Waals surface area (Å²) in [5.41, 5.74) is 0. The normalized spacial score (nSPS) is 27.0. The maximum absolute atomic E-state index is 5.51. The van der Waals surface area contributed by atoms with Crippen molar-refractivity contribution in [3.8, 4) is 0 Å². The fourth-order valence-corrected chi connectivity index (χ4v) is 2.78. The van der Waals surface area contributed by atoms with Crippen molar-refractivity contribution in [3.05, 3.63) is 10.0 Å². The summed E-state index contributed by atoms with van der Waals surface area (Å²) in [6, 6.07) is 0. The maximum Gasteiger partial charge on any atom is 0.131 e. The summed E-state index contributed by atoms with van der Waals surface area (Å²) >= 11 is 1.69. The maximum atomic E-state index is 5.51. The van der Waals surface area contributed by atoms with Crippen LogP contribution in [0.1, 0.15) is 29.3 Å². The Morgan fingerprint density at radius 1 is 1.57 bits per heavy atom. The molecular weight excluding hydrogens is 198 g/mol. The number of nitrogens with one attached hydrogen (secondary N) is 1. The van der Waals surface area contributed by atoms with Gasteiger partial charge in [0.15, 0.2) is 0 Å². The molecule has 5 heteroatoms. The van der Waals surface area contributed by atoms with Gasteiger partial charge in [-0.3, -0.25) is 0 Å². The van der Waals surface area contributed by atoms with Crippen LogP contribution in [0, 0.1) is 0 Å². The molecule has 1 aliphatic heterocycles. The molecule has 1 aliphatic rings. The van der Waals surface area contributed by atoms with E-state index in [-0.39, 0.29) is 0 Å². The van der Waals surface area contributed by atoms with Crippen LogP contribution in [-0.4, -0.2) is 30.0 Å². The molecule has 0 amide bonds. The molecule has 14 heavy (non-hydrogen) atoms. The predicted octanol–water partition coefficient (Wildman–Crippen LogP) is 1.15. The molecular formula is C9H15N3OS. The summed E-state index contributed by atoms with van der Waals surface area (Å²) in [6.45, 7) is 3.77. The highest BCUT2D eigenvalue weighted by Gasteiger charge is 2.28. The molecule has 1 N–H and O–H groups in total. The van der Waals surface area contributed by atoms with Gasteiger partial charge in [-0.15, -0.1) is 10.2 Å². The van der Waals surface area contributed by atoms with Crippen LogP contribution in [0.5, 0.6) is 0 Å². The Morgan fingerprint density at radius 3 is 3.07 bits per heavy atom. The number of hydrogen-bond acceptors (Lipinski definition) is 5. The van der Waals surface area contributed by atoms with Crippen LogP contribution in [0.3, 0.4) is 0 Å². The van der Waals surface area contributed by atoms with Gasteiger partial charge in [0.25, 0.3) is 0 Å². The molecule has 1 aromatic rings. The number of hydrogen-bond donors (Lipinski definition) is 1. The van der Waals surface area contributed by atoms with E-state index < -0.39 is 0 Å². The van der Waals surface area contributed by atoms with E-state index >= 15 is 0 Å². The van der Waals surface area contributed by atoms with Crippen LogP contribution in [-0.2, 0) is 11.3 Å². The highest BCUT2D eigenvalue weighted by atomic mass is 32.1. The average molecular weight is 213 g/mol. The SMILES string of the molecule is CNCc1nnc(C2CCOC2C)s1. The van der Waals surface area contributed by atoms with Crippen molar-refractivity contribution >= 4 is 11.3 Å². The summed E-state index contributed by atoms with van der Waals surface area (Å²) in [7, 11) is 1.92. The summed E-state index contributed by atoms with van der Waals surface area (Å²) in [4.78, 5) is 0. The van der Waals surface area contributed by atoms with Gasteiger partial charge >= 0.3 is 0 Å². The van der Waals surface area contributed by atoms with Gasteiger partial charge in [0.1, 0.15) is 10.0 Å². The standard InChI is InChI=1S/C9H15N3OS/c1-6-7(3-4-13-6)9-12-11-8(14-9)5-10-2/h6-7,10H,3-5H2,1-2H3. The summed E-state index contributed by atoms with van der Waals surface area (Å²) in [5, 5.41) is 13.6. The third kappa shape index (κ3) is 1.94. The summed E-state index contributed by atoms with van der Waals surface area (Å²) < 4.78 is 5.51. The average Bonchev–Trinajstić information content (AvgIpc) is 2.74. The van der Waals surface area contributed by atoms with Gasteiger partial charge in [-0.05, 0) is 20.4 Å². The monoisotopic (exact) mass is 213 g/mol. The second-order valence-corrected chi connectivity index (χ2v) is 4.63. The third-order valence-electron chi connectivity index (χ3n) is 2.50. The lowest BCUT2D eigenvalue weighted by Gasteiger charge is -2.08. The summed E-state index contributed by atoms with van der Waals surface area (Å²) in [6.07, 6.45) is 1.38. The van der Waals surface area contributed by atoms with Gasteiger partial charge < -0.3 is 10.1 Å². The van der Waals surface area contributed by atoms with Crippen molar-refractivity contribution in [2.45, 2.75) is 31.9 Å². The Kier molecular flexibility index (Phi) is 3.10. The first-order chi connectivity index (χ1) is 6.81. The molecule has 0 radical (unpaired) electrons. The van der Waals surface area contributed by atoms with E-state index in [0.717, 1.165) is 29.6 Å². The Hall–Kier alpha value is -0.520. The highest BCUT2D eigenvalue weighted by Crippen LogP contribution is 2.32. The highest BCUT2D eigenvalue weighted by molar-refractivity contribution is 7.11. The van der Waals surface area contributed by atoms with E-state index in [4.69, 9.17) is 4.74 Å². The molecule has 2 unspecified atom stereocenters. The van der Waals surface area contributed by atoms with Crippen LogP contribution in [0.25, 0.3) is 0 Å². The van der Waals surface area contributed by atoms with Crippen LogP contribution in [0.2, 0.25) is 0 Å². The van der Waals surface area contributed by atoms with Crippen molar-refractivity contribution < 1.29 is 4.74 Å². The van der Waals surface area contributed by atoms with Crippen LogP contribution >= 0.6 is 11.3 Å². The second-order valence-electron chi connectivity index (χ2n) is 3.54. The number of ether oxygens (including phenoxy) is 1. The minimum absolute atomic E-state index is 0.297. The van der Waals surface area contributed by atoms with E-state index in [9.17, 15) is 0 Å². The van der Waals surface area contributed by atoms with Crippen molar-refractivity contribution in [2.75, 3.05) is 13.7 Å². The van der Waals surface area contributed by atoms with Gasteiger partial charge in [-0.2, -0.15) is 0 Å². The van der Waals surface area contributed by atoms with Gasteiger partial charge in [0.2, 0.25) is 0 Å². The van der Waals surface area contributed by atoms with Crippen LogP contribution in [0.4, 0.5) is 0 Å². The molecule has 1 saturated heterocycles. The molecule has 0 spiro atoms. The Bertz CT molecular complexity index is 302. The van der Waals surface area contributed by atoms with Crippen molar-refractivity contribution in [3.63, 3.8) is 0 Å². The van der Waals surface area contributed by atoms with Gasteiger partial charge in [0, 0.05) is 19.1 Å². The predicted molar refractivity (Wildman–Crippen MR) is 55.4 cm³/mol. The Labute approximate surface area is 87.7 Å². The summed E-state index contributed by atoms with van der Waals surface area (Å²) in [5.74, 6) is 0.457. The first kappa shape index (κ1) is 10.0. The molecule has 1 aromatic heterocycles. The topological polar surface area (TPSA) is 47.0 Å². The van der Waals surface area contributed by atoms with Gasteiger partial charge in [-0.25, -0.2) is 0 Å². The minimum Gasteiger partial charge on any atom is -0.378 e. The van der Waals surface area contributed by atoms with Gasteiger partial charge in [0.05, 0.1) is 6.10 Å². The molecule has 0 bridgehead atoms. The van der Waals surface area contributed by atoms with E-state index in [1.807, 2.05) is 7.05 Å². The third-order valence-corrected chi connectivity index (χ3v) is 3.56. The molecule has 2 rings (SSSR count). The Balaban J connectivity index is 2.08. The van der Waals surface area contributed by atoms with Crippen molar-refractivity contribution in [1.82, 2.24) is 15.5 Å². The molecule has 2 atom stereocenters. The largest absolute Gasteiger partial charge is 0.378 e. The Morgan fingerprint density at radius 2 is 2.43 bits per heavy atom. The first-order valence-electron chi connectivity index (χ1n) is 4.89. The first-order valence-corrected chi connectivity index (χ1v) is 5.71. The molecule has 0 saturated carbocycles. The number of nitrogens with zero attached hydrogens (tertiary/aromatic N) is 2. The van der Waals surface area contributed by atoms with E-state index in [1.54, 1.807) is 11.3 Å². The van der Waals surface area contributed by atoms with Crippen molar-refractivity contribution in [2.24, 2.45) is 0 Å². The second kappa shape index (κ2) is 4.33. The van der Waals surface area contributed by atoms with Crippen LogP contribution < -0.4 is 5.32 Å². The zero-order valence-electron chi connectivity index (χ0n) is 8.49. The molecule has 0 aliphatic carbocycles. The molecule has 2 heterocycles.